The Kier molecular flexibility index (Phi) is 5.24. The summed E-state index contributed by atoms with van der Waals surface area (Å²) in [6.07, 6.45) is 7.11. The van der Waals surface area contributed by atoms with Gasteiger partial charge in [0.15, 0.2) is 5.96 Å². The van der Waals surface area contributed by atoms with E-state index in [1.54, 1.807) is 0 Å². The topological polar surface area (TPSA) is 43.8 Å². The van der Waals surface area contributed by atoms with Crippen LogP contribution in [-0.4, -0.2) is 55.1 Å². The van der Waals surface area contributed by atoms with E-state index in [4.69, 9.17) is 6.42 Å². The molecule has 1 aliphatic heterocycles. The molecule has 5 nitrogen and oxygen atoms in total. The normalized spacial score (nSPS) is 15.9. The van der Waals surface area contributed by atoms with Crippen molar-refractivity contribution in [1.29, 1.82) is 0 Å². The molecular formula is C15H21N5. The maximum Gasteiger partial charge on any atom is 0.195 e. The monoisotopic (exact) mass is 271 g/mol. The first-order chi connectivity index (χ1) is 9.85. The second-order valence-corrected chi connectivity index (χ2v) is 4.54. The van der Waals surface area contributed by atoms with Gasteiger partial charge in [-0.05, 0) is 19.1 Å². The van der Waals surface area contributed by atoms with E-state index in [2.05, 4.69) is 37.9 Å². The number of nitrogens with one attached hydrogen (secondary N) is 1. The van der Waals surface area contributed by atoms with Crippen LogP contribution in [0.5, 0.6) is 0 Å². The largest absolute Gasteiger partial charge is 0.356 e. The highest BCUT2D eigenvalue weighted by Crippen LogP contribution is 2.12. The van der Waals surface area contributed by atoms with Crippen molar-refractivity contribution >= 4 is 11.8 Å². The molecule has 0 amide bonds. The van der Waals surface area contributed by atoms with Crippen molar-refractivity contribution in [3.63, 3.8) is 0 Å². The maximum atomic E-state index is 5.28. The van der Waals surface area contributed by atoms with Crippen LogP contribution in [0.25, 0.3) is 0 Å². The minimum atomic E-state index is 0.419. The maximum absolute atomic E-state index is 5.28. The number of nitrogens with zero attached hydrogens (tertiary/aromatic N) is 4. The SMILES string of the molecule is C#CCN=C(NCC)N1CCN(c2ccccn2)CC1. The second kappa shape index (κ2) is 7.39. The molecule has 2 heterocycles. The molecule has 106 valence electrons. The summed E-state index contributed by atoms with van der Waals surface area (Å²) in [6, 6.07) is 6.01. The molecule has 0 aromatic carbocycles. The zero-order valence-electron chi connectivity index (χ0n) is 11.9. The molecule has 1 N–H and O–H groups in total. The molecular weight excluding hydrogens is 250 g/mol. The van der Waals surface area contributed by atoms with E-state index >= 15 is 0 Å². The van der Waals surface area contributed by atoms with Crippen molar-refractivity contribution in [2.75, 3.05) is 44.2 Å². The number of pyridine rings is 1. The number of hydrogen-bond acceptors (Lipinski definition) is 3. The summed E-state index contributed by atoms with van der Waals surface area (Å²) in [7, 11) is 0. The highest BCUT2D eigenvalue weighted by molar-refractivity contribution is 5.80. The van der Waals surface area contributed by atoms with Crippen LogP contribution in [0.15, 0.2) is 29.4 Å². The molecule has 0 unspecified atom stereocenters. The van der Waals surface area contributed by atoms with Crippen molar-refractivity contribution in [2.24, 2.45) is 4.99 Å². The molecule has 1 saturated heterocycles. The molecule has 5 heteroatoms. The minimum Gasteiger partial charge on any atom is -0.356 e. The summed E-state index contributed by atoms with van der Waals surface area (Å²) in [6.45, 7) is 7.07. The third kappa shape index (κ3) is 3.64. The fraction of sp³-hybridized carbons (Fsp3) is 0.467. The summed E-state index contributed by atoms with van der Waals surface area (Å²) in [5.41, 5.74) is 0. The van der Waals surface area contributed by atoms with Gasteiger partial charge < -0.3 is 15.1 Å². The number of terminal acetylenes is 1. The molecule has 0 saturated carbocycles. The molecule has 1 aliphatic rings. The first kappa shape index (κ1) is 14.2. The van der Waals surface area contributed by atoms with Gasteiger partial charge >= 0.3 is 0 Å². The van der Waals surface area contributed by atoms with Gasteiger partial charge in [-0.3, -0.25) is 0 Å². The Morgan fingerprint density at radius 1 is 1.40 bits per heavy atom. The summed E-state index contributed by atoms with van der Waals surface area (Å²) in [5.74, 6) is 4.50. The van der Waals surface area contributed by atoms with Crippen LogP contribution < -0.4 is 10.2 Å². The van der Waals surface area contributed by atoms with E-state index in [-0.39, 0.29) is 0 Å². The predicted molar refractivity (Wildman–Crippen MR) is 82.8 cm³/mol. The van der Waals surface area contributed by atoms with Crippen molar-refractivity contribution in [3.8, 4) is 12.3 Å². The Balaban J connectivity index is 1.94. The van der Waals surface area contributed by atoms with Gasteiger partial charge in [-0.1, -0.05) is 12.0 Å². The number of hydrogen-bond donors (Lipinski definition) is 1. The van der Waals surface area contributed by atoms with E-state index in [9.17, 15) is 0 Å². The smallest absolute Gasteiger partial charge is 0.195 e. The number of rotatable bonds is 3. The van der Waals surface area contributed by atoms with Crippen molar-refractivity contribution < 1.29 is 0 Å². The molecule has 0 atom stereocenters. The molecule has 20 heavy (non-hydrogen) atoms. The van der Waals surface area contributed by atoms with Crippen LogP contribution >= 0.6 is 0 Å². The van der Waals surface area contributed by atoms with Gasteiger partial charge in [-0.2, -0.15) is 0 Å². The molecule has 0 spiro atoms. The van der Waals surface area contributed by atoms with Gasteiger partial charge in [-0.25, -0.2) is 9.98 Å². The van der Waals surface area contributed by atoms with Crippen LogP contribution in [0.4, 0.5) is 5.82 Å². The third-order valence-electron chi connectivity index (χ3n) is 3.21. The van der Waals surface area contributed by atoms with Crippen molar-refractivity contribution in [1.82, 2.24) is 15.2 Å². The van der Waals surface area contributed by atoms with E-state index in [1.807, 2.05) is 24.4 Å². The average molecular weight is 271 g/mol. The molecule has 1 fully saturated rings. The molecule has 0 aliphatic carbocycles. The third-order valence-corrected chi connectivity index (χ3v) is 3.21. The van der Waals surface area contributed by atoms with Crippen LogP contribution in [0, 0.1) is 12.3 Å². The van der Waals surface area contributed by atoms with Crippen LogP contribution in [0.2, 0.25) is 0 Å². The zero-order valence-corrected chi connectivity index (χ0v) is 11.9. The Bertz CT molecular complexity index is 469. The Morgan fingerprint density at radius 3 is 2.80 bits per heavy atom. The lowest BCUT2D eigenvalue weighted by Gasteiger charge is -2.37. The van der Waals surface area contributed by atoms with E-state index in [0.717, 1.165) is 44.5 Å². The van der Waals surface area contributed by atoms with Gasteiger partial charge in [0.25, 0.3) is 0 Å². The van der Waals surface area contributed by atoms with Gasteiger partial charge in [0.2, 0.25) is 0 Å². The Labute approximate surface area is 120 Å². The molecule has 1 aromatic heterocycles. The summed E-state index contributed by atoms with van der Waals surface area (Å²) >= 11 is 0. The lowest BCUT2D eigenvalue weighted by Crippen LogP contribution is -2.52. The Hall–Kier alpha value is -2.22. The van der Waals surface area contributed by atoms with Crippen molar-refractivity contribution in [2.45, 2.75) is 6.92 Å². The molecule has 1 aromatic rings. The van der Waals surface area contributed by atoms with Gasteiger partial charge in [0.05, 0.1) is 0 Å². The van der Waals surface area contributed by atoms with Crippen LogP contribution in [0.3, 0.4) is 0 Å². The number of anilines is 1. The fourth-order valence-electron chi connectivity index (χ4n) is 2.23. The van der Waals surface area contributed by atoms with E-state index < -0.39 is 0 Å². The number of piperazine rings is 1. The van der Waals surface area contributed by atoms with E-state index in [1.165, 1.54) is 0 Å². The summed E-state index contributed by atoms with van der Waals surface area (Å²) in [4.78, 5) is 13.4. The fourth-order valence-corrected chi connectivity index (χ4v) is 2.23. The van der Waals surface area contributed by atoms with Gasteiger partial charge in [0, 0.05) is 38.9 Å². The zero-order chi connectivity index (χ0) is 14.2. The molecule has 0 bridgehead atoms. The second-order valence-electron chi connectivity index (χ2n) is 4.54. The minimum absolute atomic E-state index is 0.419. The quantitative estimate of drug-likeness (QED) is 0.502. The lowest BCUT2D eigenvalue weighted by molar-refractivity contribution is 0.372. The van der Waals surface area contributed by atoms with Gasteiger partial charge in [0.1, 0.15) is 12.4 Å². The van der Waals surface area contributed by atoms with Crippen LogP contribution in [0.1, 0.15) is 6.92 Å². The first-order valence-electron chi connectivity index (χ1n) is 6.98. The molecule has 0 radical (unpaired) electrons. The number of aliphatic imine (C=N–C) groups is 1. The summed E-state index contributed by atoms with van der Waals surface area (Å²) < 4.78 is 0. The number of guanidine groups is 1. The predicted octanol–water partition coefficient (Wildman–Crippen LogP) is 0.802. The first-order valence-corrected chi connectivity index (χ1v) is 6.98. The average Bonchev–Trinajstić information content (AvgIpc) is 2.52. The lowest BCUT2D eigenvalue weighted by atomic mass is 10.3. The van der Waals surface area contributed by atoms with Crippen LogP contribution in [-0.2, 0) is 0 Å². The summed E-state index contributed by atoms with van der Waals surface area (Å²) in [5, 5.41) is 3.29. The highest BCUT2D eigenvalue weighted by Gasteiger charge is 2.19. The standard InChI is InChI=1S/C15H21N5/c1-3-8-18-15(16-4-2)20-12-10-19(11-13-20)14-7-5-6-9-17-14/h1,5-7,9H,4,8,10-13H2,2H3,(H,16,18). The van der Waals surface area contributed by atoms with Gasteiger partial charge in [-0.15, -0.1) is 6.42 Å². The molecule has 2 rings (SSSR count). The van der Waals surface area contributed by atoms with Crippen molar-refractivity contribution in [3.05, 3.63) is 24.4 Å². The number of aromatic nitrogens is 1. The van der Waals surface area contributed by atoms with E-state index in [0.29, 0.717) is 6.54 Å². The highest BCUT2D eigenvalue weighted by atomic mass is 15.4. The Morgan fingerprint density at radius 2 is 2.20 bits per heavy atom.